The lowest BCUT2D eigenvalue weighted by Gasteiger charge is -2.30. The van der Waals surface area contributed by atoms with E-state index in [-0.39, 0.29) is 6.61 Å². The predicted molar refractivity (Wildman–Crippen MR) is 44.1 cm³/mol. The van der Waals surface area contributed by atoms with Crippen LogP contribution in [0.25, 0.3) is 0 Å². The molecular weight excluding hydrogens is 188 g/mol. The highest BCUT2D eigenvalue weighted by Gasteiger charge is 2.45. The van der Waals surface area contributed by atoms with E-state index in [4.69, 9.17) is 5.11 Å². The number of fused-ring (bicyclic) bond motifs is 1. The van der Waals surface area contributed by atoms with Gasteiger partial charge in [-0.25, -0.2) is 9.55 Å². The summed E-state index contributed by atoms with van der Waals surface area (Å²) >= 11 is 0. The van der Waals surface area contributed by atoms with Crippen LogP contribution in [0, 0.1) is 0 Å². The molecule has 0 amide bonds. The lowest BCUT2D eigenvalue weighted by atomic mass is 9.96. The van der Waals surface area contributed by atoms with Gasteiger partial charge >= 0.3 is 0 Å². The average molecular weight is 201 g/mol. The van der Waals surface area contributed by atoms with E-state index >= 15 is 0 Å². The van der Waals surface area contributed by atoms with Gasteiger partial charge in [-0.05, 0) is 0 Å². The maximum Gasteiger partial charge on any atom is 0.286 e. The third-order valence-electron chi connectivity index (χ3n) is 2.64. The van der Waals surface area contributed by atoms with Crippen molar-refractivity contribution < 1.29 is 25.0 Å². The lowest BCUT2D eigenvalue weighted by Crippen LogP contribution is -2.59. The molecule has 1 aliphatic rings. The van der Waals surface area contributed by atoms with Gasteiger partial charge in [-0.15, -0.1) is 0 Å². The molecule has 0 saturated heterocycles. The maximum absolute atomic E-state index is 9.57. The molecule has 1 aromatic rings. The number of aromatic amines is 1. The van der Waals surface area contributed by atoms with Gasteiger partial charge in [0, 0.05) is 0 Å². The molecule has 6 nitrogen and oxygen atoms in total. The van der Waals surface area contributed by atoms with E-state index in [9.17, 15) is 15.3 Å². The van der Waals surface area contributed by atoms with E-state index in [1.807, 2.05) is 0 Å². The summed E-state index contributed by atoms with van der Waals surface area (Å²) in [7, 11) is 0. The maximum atomic E-state index is 9.57. The lowest BCUT2D eigenvalue weighted by molar-refractivity contribution is -0.750. The Kier molecular flexibility index (Phi) is 2.28. The molecule has 0 unspecified atom stereocenters. The molecule has 0 saturated carbocycles. The van der Waals surface area contributed by atoms with Crippen LogP contribution in [0.1, 0.15) is 18.0 Å². The van der Waals surface area contributed by atoms with Crippen molar-refractivity contribution in [1.82, 2.24) is 4.98 Å². The number of aliphatic hydroxyl groups is 4. The van der Waals surface area contributed by atoms with Crippen LogP contribution in [0.5, 0.6) is 0 Å². The summed E-state index contributed by atoms with van der Waals surface area (Å²) in [5, 5.41) is 37.6. The molecule has 1 aromatic heterocycles. The highest BCUT2D eigenvalue weighted by molar-refractivity contribution is 4.95. The summed E-state index contributed by atoms with van der Waals surface area (Å²) in [4.78, 5) is 2.75. The molecule has 6 heteroatoms. The molecule has 1 aliphatic heterocycles. The Balaban J connectivity index is 2.44. The first kappa shape index (κ1) is 9.60. The number of H-pyrrole nitrogens is 1. The summed E-state index contributed by atoms with van der Waals surface area (Å²) < 4.78 is 1.53. The van der Waals surface area contributed by atoms with Crippen LogP contribution >= 0.6 is 0 Å². The third kappa shape index (κ3) is 1.16. The molecule has 0 aliphatic carbocycles. The summed E-state index contributed by atoms with van der Waals surface area (Å²) in [5.41, 5.74) is 0. The molecule has 4 atom stereocenters. The molecule has 14 heavy (non-hydrogen) atoms. The van der Waals surface area contributed by atoms with Crippen LogP contribution in [0.3, 0.4) is 0 Å². The summed E-state index contributed by atoms with van der Waals surface area (Å²) in [6, 6.07) is -0.616. The number of hydrogen-bond acceptors (Lipinski definition) is 4. The topological polar surface area (TPSA) is 101 Å². The van der Waals surface area contributed by atoms with Gasteiger partial charge in [-0.3, -0.25) is 0 Å². The average Bonchev–Trinajstić information content (AvgIpc) is 2.64. The fourth-order valence-corrected chi connectivity index (χ4v) is 1.82. The third-order valence-corrected chi connectivity index (χ3v) is 2.64. The quantitative estimate of drug-likeness (QED) is 0.327. The van der Waals surface area contributed by atoms with Gasteiger partial charge in [-0.1, -0.05) is 0 Å². The highest BCUT2D eigenvalue weighted by Crippen LogP contribution is 2.24. The zero-order valence-electron chi connectivity index (χ0n) is 7.41. The van der Waals surface area contributed by atoms with Gasteiger partial charge in [0.1, 0.15) is 24.6 Å². The second-order valence-corrected chi connectivity index (χ2v) is 3.43. The van der Waals surface area contributed by atoms with Gasteiger partial charge in [0.25, 0.3) is 5.82 Å². The van der Waals surface area contributed by atoms with E-state index in [1.54, 1.807) is 12.4 Å². The molecule has 0 bridgehead atoms. The first-order valence-corrected chi connectivity index (χ1v) is 4.40. The van der Waals surface area contributed by atoms with Crippen molar-refractivity contribution in [2.24, 2.45) is 0 Å². The minimum atomic E-state index is -1.27. The van der Waals surface area contributed by atoms with E-state index in [0.29, 0.717) is 5.82 Å². The number of imidazole rings is 1. The van der Waals surface area contributed by atoms with Gasteiger partial charge in [-0.2, -0.15) is 0 Å². The Bertz CT molecular complexity index is 327. The van der Waals surface area contributed by atoms with Crippen LogP contribution < -0.4 is 4.57 Å². The standard InChI is InChI=1S/C8H12N2O4/c11-3-4-5(12)6(13)7(14)8-9-1-2-10(4)8/h1-2,4-7,11-14H,3H2/p+1/t4-,5-,6+,7-/m1/s1. The number of nitrogens with zero attached hydrogens (tertiary/aromatic N) is 1. The van der Waals surface area contributed by atoms with Crippen molar-refractivity contribution in [2.45, 2.75) is 24.4 Å². The SMILES string of the molecule is OC[C@@H]1[C@@H](O)[C@H](O)[C@@H](O)c2[nH]cc[n+]21. The van der Waals surface area contributed by atoms with Crippen molar-refractivity contribution in [2.75, 3.05) is 6.61 Å². The Morgan fingerprint density at radius 2 is 2.00 bits per heavy atom. The Morgan fingerprint density at radius 1 is 1.29 bits per heavy atom. The number of aromatic nitrogens is 2. The fourth-order valence-electron chi connectivity index (χ4n) is 1.82. The van der Waals surface area contributed by atoms with Gasteiger partial charge in [0.2, 0.25) is 0 Å². The number of aliphatic hydroxyl groups excluding tert-OH is 4. The second kappa shape index (κ2) is 3.32. The Morgan fingerprint density at radius 3 is 2.64 bits per heavy atom. The van der Waals surface area contributed by atoms with Crippen LogP contribution in [0.15, 0.2) is 12.4 Å². The first-order chi connectivity index (χ1) is 6.66. The van der Waals surface area contributed by atoms with E-state index in [2.05, 4.69) is 4.98 Å². The van der Waals surface area contributed by atoms with E-state index < -0.39 is 24.4 Å². The molecule has 2 rings (SSSR count). The van der Waals surface area contributed by atoms with Crippen molar-refractivity contribution in [1.29, 1.82) is 0 Å². The normalized spacial score (nSPS) is 36.9. The van der Waals surface area contributed by atoms with Crippen LogP contribution in [-0.4, -0.2) is 44.2 Å². The van der Waals surface area contributed by atoms with Crippen molar-refractivity contribution in [3.05, 3.63) is 18.2 Å². The zero-order valence-corrected chi connectivity index (χ0v) is 7.41. The molecule has 0 spiro atoms. The van der Waals surface area contributed by atoms with Crippen molar-refractivity contribution >= 4 is 0 Å². The van der Waals surface area contributed by atoms with Crippen molar-refractivity contribution in [3.63, 3.8) is 0 Å². The van der Waals surface area contributed by atoms with Crippen LogP contribution in [-0.2, 0) is 0 Å². The summed E-state index contributed by atoms with van der Waals surface area (Å²) in [6.45, 7) is -0.291. The molecule has 0 aromatic carbocycles. The van der Waals surface area contributed by atoms with Gasteiger partial charge in [0.15, 0.2) is 12.1 Å². The van der Waals surface area contributed by atoms with Crippen LogP contribution in [0.4, 0.5) is 0 Å². The summed E-state index contributed by atoms with van der Waals surface area (Å²) in [5.74, 6) is 0.391. The van der Waals surface area contributed by atoms with E-state index in [0.717, 1.165) is 0 Å². The minimum absolute atomic E-state index is 0.291. The van der Waals surface area contributed by atoms with Crippen LogP contribution in [0.2, 0.25) is 0 Å². The Hall–Kier alpha value is -0.950. The smallest absolute Gasteiger partial charge is 0.286 e. The number of rotatable bonds is 1. The number of nitrogens with one attached hydrogen (secondary N) is 1. The highest BCUT2D eigenvalue weighted by atomic mass is 16.4. The molecule has 0 fully saturated rings. The van der Waals surface area contributed by atoms with E-state index in [1.165, 1.54) is 4.57 Å². The zero-order chi connectivity index (χ0) is 10.3. The van der Waals surface area contributed by atoms with Gasteiger partial charge in [0.05, 0.1) is 6.61 Å². The Labute approximate surface area is 80.1 Å². The number of hydrogen-bond donors (Lipinski definition) is 5. The minimum Gasteiger partial charge on any atom is -0.392 e. The first-order valence-electron chi connectivity index (χ1n) is 4.40. The molecule has 2 heterocycles. The predicted octanol–water partition coefficient (Wildman–Crippen LogP) is -2.40. The molecular formula is C8H13N2O4+. The largest absolute Gasteiger partial charge is 0.392 e. The van der Waals surface area contributed by atoms with Crippen molar-refractivity contribution in [3.8, 4) is 0 Å². The fraction of sp³-hybridized carbons (Fsp3) is 0.625. The molecule has 78 valence electrons. The second-order valence-electron chi connectivity index (χ2n) is 3.43. The molecule has 5 N–H and O–H groups in total. The van der Waals surface area contributed by atoms with Gasteiger partial charge < -0.3 is 20.4 Å². The molecule has 0 radical (unpaired) electrons. The summed E-state index contributed by atoms with van der Waals surface area (Å²) in [6.07, 6.45) is -0.405. The monoisotopic (exact) mass is 201 g/mol.